The Morgan fingerprint density at radius 2 is 0.881 bits per heavy atom. The molecule has 0 bridgehead atoms. The van der Waals surface area contributed by atoms with Crippen LogP contribution < -0.4 is 35.3 Å². The van der Waals surface area contributed by atoms with Gasteiger partial charge < -0.3 is 31.4 Å². The molecule has 0 atom stereocenters. The molecule has 0 spiro atoms. The second kappa shape index (κ2) is 73.9. The van der Waals surface area contributed by atoms with E-state index in [0.717, 1.165) is 70.6 Å². The first-order chi connectivity index (χ1) is 32.2. The van der Waals surface area contributed by atoms with E-state index in [1.54, 1.807) is 0 Å². The standard InChI is InChI=1S/C26H50O4.C21H41NO2.C4H8N.C3H8.2C2H6.Na/c1-3-5-7-9-12-16-20-25(21-17-13-10-8-6-4-2)30-26(28)22-18-14-11-15-19-23-29-24-27;1-2-3-4-5-6-7-8-9-15-20-24-21(23)16-11-10-12-17-22-18-13-14-19-22;1-3-4(2)5;1-3-2;2*1-2;/h24-25H,3-23H2,1-2H3;2-20H2,1H3;2H,3,5H2,1H3;3H2,1-2H3;2*1-2H3;/q;;-1;;;;+1. The summed E-state index contributed by atoms with van der Waals surface area (Å²) in [6.45, 7) is 31.3. The molecule has 67 heavy (non-hydrogen) atoms. The van der Waals surface area contributed by atoms with Gasteiger partial charge in [-0.3, -0.25) is 14.4 Å². The number of hydrogen-bond acceptors (Lipinski definition) is 8. The quantitative estimate of drug-likeness (QED) is 0.0161. The smallest absolute Gasteiger partial charge is 0.494 e. The Bertz CT molecular complexity index is 902. The molecule has 0 unspecified atom stereocenters. The number of ether oxygens (including phenoxy) is 3. The van der Waals surface area contributed by atoms with Gasteiger partial charge in [-0.15, -0.1) is 0 Å². The summed E-state index contributed by atoms with van der Waals surface area (Å²) in [5.74, 6) is -0.00278. The second-order valence-corrected chi connectivity index (χ2v) is 17.8. The van der Waals surface area contributed by atoms with Crippen LogP contribution in [0.3, 0.4) is 0 Å². The molecule has 1 rings (SSSR count). The first kappa shape index (κ1) is 77.4. The molecule has 0 aromatic rings. The maximum Gasteiger partial charge on any atom is 1.00 e. The molecule has 2 N–H and O–H groups in total. The van der Waals surface area contributed by atoms with E-state index in [-0.39, 0.29) is 47.6 Å². The van der Waals surface area contributed by atoms with Gasteiger partial charge >= 0.3 is 41.5 Å². The third-order valence-corrected chi connectivity index (χ3v) is 11.2. The number of carbonyl (C=O) groups excluding carboxylic acids is 3. The molecule has 9 heteroatoms. The van der Waals surface area contributed by atoms with Gasteiger partial charge in [0.05, 0.1) is 13.2 Å². The van der Waals surface area contributed by atoms with Crippen molar-refractivity contribution in [2.75, 3.05) is 32.8 Å². The molecule has 0 saturated carbocycles. The van der Waals surface area contributed by atoms with Crippen LogP contribution in [-0.2, 0) is 28.6 Å². The van der Waals surface area contributed by atoms with Crippen molar-refractivity contribution in [3.8, 4) is 0 Å². The molecule has 398 valence electrons. The van der Waals surface area contributed by atoms with Gasteiger partial charge in [0.15, 0.2) is 0 Å². The minimum atomic E-state index is -0.0127. The topological polar surface area (TPSA) is 108 Å². The van der Waals surface area contributed by atoms with E-state index < -0.39 is 0 Å². The van der Waals surface area contributed by atoms with Gasteiger partial charge in [0, 0.05) is 12.8 Å². The summed E-state index contributed by atoms with van der Waals surface area (Å²) in [5, 5.41) is 0. The third-order valence-electron chi connectivity index (χ3n) is 11.2. The van der Waals surface area contributed by atoms with Gasteiger partial charge in [0.25, 0.3) is 6.47 Å². The van der Waals surface area contributed by atoms with Gasteiger partial charge in [0.2, 0.25) is 0 Å². The van der Waals surface area contributed by atoms with E-state index in [1.807, 2.05) is 34.6 Å². The summed E-state index contributed by atoms with van der Waals surface area (Å²) < 4.78 is 15.9. The summed E-state index contributed by atoms with van der Waals surface area (Å²) in [6.07, 6.45) is 43.6. The Morgan fingerprint density at radius 1 is 0.537 bits per heavy atom. The normalized spacial score (nSPS) is 11.3. The fourth-order valence-corrected chi connectivity index (χ4v) is 7.30. The van der Waals surface area contributed by atoms with Crippen LogP contribution in [-0.4, -0.2) is 62.3 Å². The van der Waals surface area contributed by atoms with Crippen LogP contribution in [0.1, 0.15) is 307 Å². The molecule has 0 aromatic heterocycles. The van der Waals surface area contributed by atoms with Crippen LogP contribution in [0, 0.1) is 6.58 Å². The van der Waals surface area contributed by atoms with Crippen molar-refractivity contribution < 1.29 is 58.2 Å². The summed E-state index contributed by atoms with van der Waals surface area (Å²) in [5.41, 5.74) is 5.49. The van der Waals surface area contributed by atoms with Crippen LogP contribution in [0.25, 0.3) is 0 Å². The fraction of sp³-hybridized carbons (Fsp3) is 0.914. The largest absolute Gasteiger partial charge is 1.00 e. The number of nitrogens with two attached hydrogens (primary N) is 1. The number of allylic oxidation sites excluding steroid dienone is 1. The van der Waals surface area contributed by atoms with Crippen LogP contribution in [0.15, 0.2) is 5.70 Å². The third kappa shape index (κ3) is 76.6. The monoisotopic (exact) mass is 963 g/mol. The number of esters is 2. The van der Waals surface area contributed by atoms with Crippen molar-refractivity contribution in [2.45, 2.75) is 313 Å². The molecule has 0 radical (unpaired) electrons. The summed E-state index contributed by atoms with van der Waals surface area (Å²) in [4.78, 5) is 36.6. The van der Waals surface area contributed by atoms with Crippen molar-refractivity contribution in [3.05, 3.63) is 12.3 Å². The van der Waals surface area contributed by atoms with Crippen LogP contribution in [0.4, 0.5) is 0 Å². The van der Waals surface area contributed by atoms with Crippen LogP contribution in [0.5, 0.6) is 0 Å². The zero-order valence-corrected chi connectivity index (χ0v) is 49.4. The van der Waals surface area contributed by atoms with E-state index >= 15 is 0 Å². The average Bonchev–Trinajstić information content (AvgIpc) is 3.85. The number of hydrogen-bond donors (Lipinski definition) is 1. The Morgan fingerprint density at radius 3 is 1.28 bits per heavy atom. The van der Waals surface area contributed by atoms with Gasteiger partial charge in [-0.1, -0.05) is 223 Å². The Balaban J connectivity index is -0.000000224. The van der Waals surface area contributed by atoms with E-state index in [1.165, 1.54) is 174 Å². The maximum atomic E-state index is 12.3. The molecule has 8 nitrogen and oxygen atoms in total. The Labute approximate surface area is 442 Å². The Hall–Kier alpha value is -1.09. The second-order valence-electron chi connectivity index (χ2n) is 17.8. The molecule has 0 aliphatic carbocycles. The SMILES string of the molecule is CC.CC.CCC.CCCCCCCCC(CCCCCCCC)OC(=O)CCCCCCCOC=O.CCCCCCCCCCCOC(=O)CCCCCN1CCCC1.[CH-]=C(N)CC.[Na+]. The van der Waals surface area contributed by atoms with Gasteiger partial charge in [0.1, 0.15) is 6.10 Å². The molecule has 1 heterocycles. The number of rotatable bonds is 41. The molecule has 1 aliphatic heterocycles. The summed E-state index contributed by atoms with van der Waals surface area (Å²) >= 11 is 0. The minimum Gasteiger partial charge on any atom is -0.494 e. The molecule has 0 amide bonds. The van der Waals surface area contributed by atoms with Gasteiger partial charge in [-0.2, -0.15) is 5.70 Å². The van der Waals surface area contributed by atoms with Crippen molar-refractivity contribution in [2.24, 2.45) is 5.73 Å². The minimum absolute atomic E-state index is 0. The van der Waals surface area contributed by atoms with Crippen molar-refractivity contribution in [3.63, 3.8) is 0 Å². The van der Waals surface area contributed by atoms with Gasteiger partial charge in [-0.25, -0.2) is 0 Å². The van der Waals surface area contributed by atoms with E-state index in [2.05, 4.69) is 44.3 Å². The summed E-state index contributed by atoms with van der Waals surface area (Å²) in [6, 6.07) is 0. The predicted octanol–water partition coefficient (Wildman–Crippen LogP) is 14.8. The average molecular weight is 964 g/mol. The van der Waals surface area contributed by atoms with Crippen molar-refractivity contribution in [1.82, 2.24) is 4.90 Å². The first-order valence-electron chi connectivity index (χ1n) is 28.7. The molecular weight excluding hydrogens is 844 g/mol. The van der Waals surface area contributed by atoms with Crippen molar-refractivity contribution >= 4 is 18.4 Å². The zero-order valence-electron chi connectivity index (χ0n) is 47.4. The molecule has 1 aliphatic rings. The molecular formula is C58H119N2NaO6. The van der Waals surface area contributed by atoms with E-state index in [9.17, 15) is 14.4 Å². The van der Waals surface area contributed by atoms with Crippen LogP contribution in [0.2, 0.25) is 0 Å². The number of likely N-dealkylation sites (tertiary alicyclic amines) is 1. The number of unbranched alkanes of at least 4 members (excludes halogenated alkanes) is 24. The van der Waals surface area contributed by atoms with E-state index in [0.29, 0.717) is 38.2 Å². The summed E-state index contributed by atoms with van der Waals surface area (Å²) in [7, 11) is 0. The maximum absolute atomic E-state index is 12.3. The Kier molecular flexibility index (Phi) is 85.3. The molecule has 0 aromatic carbocycles. The van der Waals surface area contributed by atoms with E-state index in [4.69, 9.17) is 21.8 Å². The predicted molar refractivity (Wildman–Crippen MR) is 289 cm³/mol. The fourth-order valence-electron chi connectivity index (χ4n) is 7.30. The van der Waals surface area contributed by atoms with Crippen LogP contribution >= 0.6 is 0 Å². The van der Waals surface area contributed by atoms with Gasteiger partial charge in [-0.05, 0) is 90.3 Å². The first-order valence-corrected chi connectivity index (χ1v) is 28.7. The molecule has 1 saturated heterocycles. The number of carbonyl (C=O) groups is 3. The van der Waals surface area contributed by atoms with Crippen molar-refractivity contribution in [1.29, 1.82) is 0 Å². The zero-order chi connectivity index (χ0) is 50.4. The molecule has 1 fully saturated rings. The number of nitrogens with zero attached hydrogens (tertiary/aromatic N) is 1.